The summed E-state index contributed by atoms with van der Waals surface area (Å²) in [5.74, 6) is -0.910. The summed E-state index contributed by atoms with van der Waals surface area (Å²) in [7, 11) is 0. The van der Waals surface area contributed by atoms with E-state index in [1.54, 1.807) is 12.1 Å². The molecule has 0 aliphatic rings. The molecule has 0 fully saturated rings. The van der Waals surface area contributed by atoms with Gasteiger partial charge in [0.05, 0.1) is 5.56 Å². The molecule has 0 spiro atoms. The van der Waals surface area contributed by atoms with Crippen molar-refractivity contribution in [1.82, 2.24) is 0 Å². The third-order valence-electron chi connectivity index (χ3n) is 4.63. The van der Waals surface area contributed by atoms with Crippen LogP contribution in [0.2, 0.25) is 0 Å². The SMILES string of the molecule is O=C(O)c1ccc(C=Cc2ccccc2-c2ccc3ccccc3c2)cc1. The Bertz CT molecular complexity index is 1140. The van der Waals surface area contributed by atoms with Gasteiger partial charge in [0.1, 0.15) is 0 Å². The van der Waals surface area contributed by atoms with Crippen LogP contribution >= 0.6 is 0 Å². The molecule has 4 rings (SSSR count). The molecule has 0 saturated heterocycles. The van der Waals surface area contributed by atoms with Crippen LogP contribution < -0.4 is 0 Å². The average molecular weight is 350 g/mol. The van der Waals surface area contributed by atoms with Crippen LogP contribution in [0.3, 0.4) is 0 Å². The number of fused-ring (bicyclic) bond motifs is 1. The van der Waals surface area contributed by atoms with Gasteiger partial charge in [-0.2, -0.15) is 0 Å². The Kier molecular flexibility index (Phi) is 4.54. The van der Waals surface area contributed by atoms with E-state index in [9.17, 15) is 4.79 Å². The Hall–Kier alpha value is -3.65. The largest absolute Gasteiger partial charge is 0.478 e. The molecule has 2 nitrogen and oxygen atoms in total. The van der Waals surface area contributed by atoms with E-state index >= 15 is 0 Å². The van der Waals surface area contributed by atoms with Crippen molar-refractivity contribution in [3.63, 3.8) is 0 Å². The van der Waals surface area contributed by atoms with Gasteiger partial charge in [0.25, 0.3) is 0 Å². The Morgan fingerprint density at radius 2 is 1.41 bits per heavy atom. The van der Waals surface area contributed by atoms with E-state index in [-0.39, 0.29) is 0 Å². The lowest BCUT2D eigenvalue weighted by Gasteiger charge is -2.08. The van der Waals surface area contributed by atoms with Crippen LogP contribution in [0.25, 0.3) is 34.1 Å². The van der Waals surface area contributed by atoms with Crippen LogP contribution in [-0.4, -0.2) is 11.1 Å². The summed E-state index contributed by atoms with van der Waals surface area (Å²) in [5.41, 5.74) is 4.73. The van der Waals surface area contributed by atoms with E-state index in [4.69, 9.17) is 5.11 Å². The number of carbonyl (C=O) groups is 1. The molecular weight excluding hydrogens is 332 g/mol. The second kappa shape index (κ2) is 7.30. The van der Waals surface area contributed by atoms with Gasteiger partial charge >= 0.3 is 5.97 Å². The van der Waals surface area contributed by atoms with Crippen LogP contribution in [-0.2, 0) is 0 Å². The third kappa shape index (κ3) is 3.65. The number of hydrogen-bond donors (Lipinski definition) is 1. The lowest BCUT2D eigenvalue weighted by Crippen LogP contribution is -1.94. The van der Waals surface area contributed by atoms with Crippen molar-refractivity contribution >= 4 is 28.9 Å². The molecule has 0 saturated carbocycles. The van der Waals surface area contributed by atoms with Gasteiger partial charge in [0.2, 0.25) is 0 Å². The lowest BCUT2D eigenvalue weighted by molar-refractivity contribution is 0.0697. The molecule has 0 atom stereocenters. The standard InChI is InChI=1S/C25H18O2/c26-25(27)21-13-10-18(11-14-21)9-12-20-6-3-4-8-24(20)23-16-15-19-5-1-2-7-22(19)17-23/h1-17H,(H,26,27). The average Bonchev–Trinajstić information content (AvgIpc) is 2.72. The maximum atomic E-state index is 11.0. The minimum absolute atomic E-state index is 0.295. The number of hydrogen-bond acceptors (Lipinski definition) is 1. The molecular formula is C25H18O2. The third-order valence-corrected chi connectivity index (χ3v) is 4.63. The first-order chi connectivity index (χ1) is 13.2. The topological polar surface area (TPSA) is 37.3 Å². The molecule has 4 aromatic carbocycles. The first kappa shape index (κ1) is 16.8. The van der Waals surface area contributed by atoms with E-state index in [0.29, 0.717) is 5.56 Å². The van der Waals surface area contributed by atoms with Crippen molar-refractivity contribution < 1.29 is 9.90 Å². The van der Waals surface area contributed by atoms with Gasteiger partial charge in [-0.15, -0.1) is 0 Å². The lowest BCUT2D eigenvalue weighted by atomic mass is 9.96. The molecule has 27 heavy (non-hydrogen) atoms. The van der Waals surface area contributed by atoms with E-state index in [2.05, 4.69) is 54.6 Å². The smallest absolute Gasteiger partial charge is 0.335 e. The van der Waals surface area contributed by atoms with Gasteiger partial charge < -0.3 is 5.11 Å². The van der Waals surface area contributed by atoms with Crippen molar-refractivity contribution in [2.24, 2.45) is 0 Å². The van der Waals surface area contributed by atoms with Crippen molar-refractivity contribution in [2.45, 2.75) is 0 Å². The predicted molar refractivity (Wildman–Crippen MR) is 112 cm³/mol. The Balaban J connectivity index is 1.69. The molecule has 2 heteroatoms. The minimum atomic E-state index is -0.910. The zero-order chi connectivity index (χ0) is 18.6. The maximum Gasteiger partial charge on any atom is 0.335 e. The quantitative estimate of drug-likeness (QED) is 0.434. The number of aromatic carboxylic acids is 1. The maximum absolute atomic E-state index is 11.0. The second-order valence-corrected chi connectivity index (χ2v) is 6.41. The summed E-state index contributed by atoms with van der Waals surface area (Å²) in [6, 6.07) is 30.0. The fourth-order valence-electron chi connectivity index (χ4n) is 3.18. The highest BCUT2D eigenvalue weighted by Crippen LogP contribution is 2.28. The normalized spacial score (nSPS) is 11.1. The molecule has 0 amide bonds. The number of benzene rings is 4. The summed E-state index contributed by atoms with van der Waals surface area (Å²) >= 11 is 0. The molecule has 0 heterocycles. The molecule has 0 aromatic heterocycles. The van der Waals surface area contributed by atoms with Gasteiger partial charge in [0.15, 0.2) is 0 Å². The van der Waals surface area contributed by atoms with Crippen LogP contribution in [0, 0.1) is 0 Å². The Labute approximate surface area is 158 Å². The summed E-state index contributed by atoms with van der Waals surface area (Å²) in [4.78, 5) is 11.0. The highest BCUT2D eigenvalue weighted by Gasteiger charge is 2.04. The van der Waals surface area contributed by atoms with Crippen LogP contribution in [0.4, 0.5) is 0 Å². The van der Waals surface area contributed by atoms with Gasteiger partial charge in [-0.3, -0.25) is 0 Å². The first-order valence-corrected chi connectivity index (χ1v) is 8.80. The van der Waals surface area contributed by atoms with Crippen molar-refractivity contribution in [3.8, 4) is 11.1 Å². The van der Waals surface area contributed by atoms with Gasteiger partial charge in [-0.05, 0) is 51.2 Å². The highest BCUT2D eigenvalue weighted by atomic mass is 16.4. The van der Waals surface area contributed by atoms with Gasteiger partial charge in [0, 0.05) is 0 Å². The summed E-state index contributed by atoms with van der Waals surface area (Å²) in [5, 5.41) is 11.5. The molecule has 0 aliphatic carbocycles. The highest BCUT2D eigenvalue weighted by molar-refractivity contribution is 5.90. The summed E-state index contributed by atoms with van der Waals surface area (Å²) in [6.45, 7) is 0. The molecule has 1 N–H and O–H groups in total. The zero-order valence-corrected chi connectivity index (χ0v) is 14.7. The molecule has 0 unspecified atom stereocenters. The second-order valence-electron chi connectivity index (χ2n) is 6.41. The van der Waals surface area contributed by atoms with Crippen molar-refractivity contribution in [3.05, 3.63) is 108 Å². The fourth-order valence-corrected chi connectivity index (χ4v) is 3.18. The Morgan fingerprint density at radius 3 is 2.19 bits per heavy atom. The summed E-state index contributed by atoms with van der Waals surface area (Å²) in [6.07, 6.45) is 4.08. The van der Waals surface area contributed by atoms with Crippen LogP contribution in [0.1, 0.15) is 21.5 Å². The first-order valence-electron chi connectivity index (χ1n) is 8.80. The number of carboxylic acid groups (broad SMARTS) is 1. The van der Waals surface area contributed by atoms with E-state index < -0.39 is 5.97 Å². The molecule has 0 aliphatic heterocycles. The molecule has 4 aromatic rings. The predicted octanol–water partition coefficient (Wildman–Crippen LogP) is 6.38. The van der Waals surface area contributed by atoms with Crippen LogP contribution in [0.5, 0.6) is 0 Å². The van der Waals surface area contributed by atoms with E-state index in [1.807, 2.05) is 36.4 Å². The monoisotopic (exact) mass is 350 g/mol. The molecule has 0 bridgehead atoms. The van der Waals surface area contributed by atoms with Crippen molar-refractivity contribution in [1.29, 1.82) is 0 Å². The van der Waals surface area contributed by atoms with Gasteiger partial charge in [-0.1, -0.05) is 84.9 Å². The zero-order valence-electron chi connectivity index (χ0n) is 14.7. The fraction of sp³-hybridized carbons (Fsp3) is 0. The Morgan fingerprint density at radius 1 is 0.704 bits per heavy atom. The molecule has 0 radical (unpaired) electrons. The molecule has 130 valence electrons. The van der Waals surface area contributed by atoms with E-state index in [0.717, 1.165) is 11.1 Å². The minimum Gasteiger partial charge on any atom is -0.478 e. The van der Waals surface area contributed by atoms with Gasteiger partial charge in [-0.25, -0.2) is 4.79 Å². The van der Waals surface area contributed by atoms with Crippen molar-refractivity contribution in [2.75, 3.05) is 0 Å². The number of rotatable bonds is 4. The van der Waals surface area contributed by atoms with Crippen LogP contribution in [0.15, 0.2) is 91.0 Å². The summed E-state index contributed by atoms with van der Waals surface area (Å²) < 4.78 is 0. The number of carboxylic acids is 1. The van der Waals surface area contributed by atoms with E-state index in [1.165, 1.54) is 21.9 Å².